The van der Waals surface area contributed by atoms with Crippen molar-refractivity contribution in [3.63, 3.8) is 0 Å². The van der Waals surface area contributed by atoms with Gasteiger partial charge in [0.15, 0.2) is 0 Å². The minimum absolute atomic E-state index is 0.173. The van der Waals surface area contributed by atoms with Crippen LogP contribution in [0.5, 0.6) is 0 Å². The topological polar surface area (TPSA) is 15.3 Å². The van der Waals surface area contributed by atoms with E-state index in [9.17, 15) is 0 Å². The summed E-state index contributed by atoms with van der Waals surface area (Å²) in [6.07, 6.45) is 3.95. The van der Waals surface area contributed by atoms with E-state index < -0.39 is 0 Å². The first-order chi connectivity index (χ1) is 5.42. The summed E-state index contributed by atoms with van der Waals surface area (Å²) in [5, 5.41) is 3.23. The quantitative estimate of drug-likeness (QED) is 0.688. The summed E-state index contributed by atoms with van der Waals surface area (Å²) in [7, 11) is 4.00. The lowest BCUT2D eigenvalue weighted by molar-refractivity contribution is 0.480. The Morgan fingerprint density at radius 1 is 1.08 bits per heavy atom. The SMILES string of the molecule is CC.CN(C)/C=C\NC(C)(C)C. The zero-order valence-electron chi connectivity index (χ0n) is 9.60. The van der Waals surface area contributed by atoms with Crippen molar-refractivity contribution < 1.29 is 0 Å². The summed E-state index contributed by atoms with van der Waals surface area (Å²) in [6, 6.07) is 0. The molecule has 0 aromatic heterocycles. The number of rotatable bonds is 2. The van der Waals surface area contributed by atoms with Crippen molar-refractivity contribution in [2.24, 2.45) is 0 Å². The Hall–Kier alpha value is -0.660. The summed E-state index contributed by atoms with van der Waals surface area (Å²) in [5.74, 6) is 0. The average Bonchev–Trinajstić information content (AvgIpc) is 1.88. The van der Waals surface area contributed by atoms with E-state index in [0.717, 1.165) is 0 Å². The van der Waals surface area contributed by atoms with Crippen molar-refractivity contribution >= 4 is 0 Å². The van der Waals surface area contributed by atoms with Crippen molar-refractivity contribution in [2.45, 2.75) is 40.2 Å². The minimum Gasteiger partial charge on any atom is -0.385 e. The van der Waals surface area contributed by atoms with Gasteiger partial charge in [-0.25, -0.2) is 0 Å². The van der Waals surface area contributed by atoms with Crippen LogP contribution in [0.4, 0.5) is 0 Å². The van der Waals surface area contributed by atoms with Gasteiger partial charge in [-0.05, 0) is 20.8 Å². The van der Waals surface area contributed by atoms with Gasteiger partial charge in [-0.1, -0.05) is 13.8 Å². The Bertz CT molecular complexity index is 109. The van der Waals surface area contributed by atoms with E-state index in [2.05, 4.69) is 26.1 Å². The first-order valence-electron chi connectivity index (χ1n) is 4.52. The Morgan fingerprint density at radius 3 is 1.75 bits per heavy atom. The molecule has 0 aliphatic rings. The predicted octanol–water partition coefficient (Wildman–Crippen LogP) is 2.43. The van der Waals surface area contributed by atoms with Gasteiger partial charge in [0.05, 0.1) is 0 Å². The second-order valence-corrected chi connectivity index (χ2v) is 3.67. The molecule has 0 heterocycles. The molecule has 0 fully saturated rings. The Morgan fingerprint density at radius 2 is 1.50 bits per heavy atom. The molecule has 0 amide bonds. The number of nitrogens with zero attached hydrogens (tertiary/aromatic N) is 1. The van der Waals surface area contributed by atoms with Crippen molar-refractivity contribution in [2.75, 3.05) is 14.1 Å². The molecule has 0 spiro atoms. The first kappa shape index (κ1) is 13.9. The fourth-order valence-corrected chi connectivity index (χ4v) is 0.436. The molecule has 0 aromatic rings. The molecule has 0 bridgehead atoms. The van der Waals surface area contributed by atoms with Gasteiger partial charge in [0, 0.05) is 32.0 Å². The number of hydrogen-bond acceptors (Lipinski definition) is 2. The van der Waals surface area contributed by atoms with Gasteiger partial charge in [-0.3, -0.25) is 0 Å². The molecule has 12 heavy (non-hydrogen) atoms. The lowest BCUT2D eigenvalue weighted by Crippen LogP contribution is -2.31. The molecular weight excluding hydrogens is 148 g/mol. The van der Waals surface area contributed by atoms with Crippen molar-refractivity contribution in [3.05, 3.63) is 12.4 Å². The fourth-order valence-electron chi connectivity index (χ4n) is 0.436. The van der Waals surface area contributed by atoms with Gasteiger partial charge in [0.1, 0.15) is 0 Å². The molecule has 0 unspecified atom stereocenters. The highest BCUT2D eigenvalue weighted by Gasteiger charge is 2.03. The Kier molecular flexibility index (Phi) is 8.12. The summed E-state index contributed by atoms with van der Waals surface area (Å²) < 4.78 is 0. The number of nitrogens with one attached hydrogen (secondary N) is 1. The van der Waals surface area contributed by atoms with Crippen LogP contribution < -0.4 is 5.32 Å². The van der Waals surface area contributed by atoms with Crippen LogP contribution in [0.3, 0.4) is 0 Å². The molecule has 74 valence electrons. The van der Waals surface area contributed by atoms with E-state index in [1.807, 2.05) is 45.2 Å². The molecule has 0 radical (unpaired) electrons. The molecule has 1 N–H and O–H groups in total. The molecule has 0 saturated heterocycles. The second kappa shape index (κ2) is 7.01. The van der Waals surface area contributed by atoms with Crippen LogP contribution >= 0.6 is 0 Å². The summed E-state index contributed by atoms with van der Waals surface area (Å²) in [5.41, 5.74) is 0.173. The standard InChI is InChI=1S/C8H18N2.C2H6/c1-8(2,3)9-6-7-10(4)5;1-2/h6-7,9H,1-5H3;1-2H3/b7-6-;. The molecule has 0 atom stereocenters. The summed E-state index contributed by atoms with van der Waals surface area (Å²) in [4.78, 5) is 2.00. The van der Waals surface area contributed by atoms with Crippen molar-refractivity contribution in [1.82, 2.24) is 10.2 Å². The molecule has 0 aliphatic heterocycles. The monoisotopic (exact) mass is 172 g/mol. The van der Waals surface area contributed by atoms with Crippen LogP contribution in [0.25, 0.3) is 0 Å². The first-order valence-corrected chi connectivity index (χ1v) is 4.52. The highest BCUT2D eigenvalue weighted by Crippen LogP contribution is 1.97. The maximum absolute atomic E-state index is 3.23. The molecular formula is C10H24N2. The van der Waals surface area contributed by atoms with Gasteiger partial charge in [-0.15, -0.1) is 0 Å². The van der Waals surface area contributed by atoms with E-state index >= 15 is 0 Å². The fraction of sp³-hybridized carbons (Fsp3) is 0.800. The van der Waals surface area contributed by atoms with Gasteiger partial charge >= 0.3 is 0 Å². The normalized spacial score (nSPS) is 10.6. The maximum atomic E-state index is 3.23. The van der Waals surface area contributed by atoms with Gasteiger partial charge < -0.3 is 10.2 Å². The van der Waals surface area contributed by atoms with Crippen LogP contribution in [0.15, 0.2) is 12.4 Å². The predicted molar refractivity (Wildman–Crippen MR) is 57.1 cm³/mol. The number of hydrogen-bond donors (Lipinski definition) is 1. The van der Waals surface area contributed by atoms with E-state index in [0.29, 0.717) is 0 Å². The maximum Gasteiger partial charge on any atom is 0.0284 e. The Balaban J connectivity index is 0. The zero-order chi connectivity index (χ0) is 10.2. The zero-order valence-corrected chi connectivity index (χ0v) is 9.60. The van der Waals surface area contributed by atoms with E-state index in [-0.39, 0.29) is 5.54 Å². The third kappa shape index (κ3) is 16.2. The van der Waals surface area contributed by atoms with Gasteiger partial charge in [0.2, 0.25) is 0 Å². The summed E-state index contributed by atoms with van der Waals surface area (Å²) in [6.45, 7) is 10.4. The highest BCUT2D eigenvalue weighted by molar-refractivity contribution is 4.83. The van der Waals surface area contributed by atoms with E-state index in [1.165, 1.54) is 0 Å². The highest BCUT2D eigenvalue weighted by atomic mass is 15.0. The molecule has 2 heteroatoms. The minimum atomic E-state index is 0.173. The van der Waals surface area contributed by atoms with E-state index in [4.69, 9.17) is 0 Å². The summed E-state index contributed by atoms with van der Waals surface area (Å²) >= 11 is 0. The van der Waals surface area contributed by atoms with Gasteiger partial charge in [-0.2, -0.15) is 0 Å². The van der Waals surface area contributed by atoms with Crippen LogP contribution in [-0.4, -0.2) is 24.5 Å². The smallest absolute Gasteiger partial charge is 0.0284 e. The van der Waals surface area contributed by atoms with Crippen LogP contribution in [0.1, 0.15) is 34.6 Å². The van der Waals surface area contributed by atoms with Crippen LogP contribution in [-0.2, 0) is 0 Å². The van der Waals surface area contributed by atoms with Crippen LogP contribution in [0.2, 0.25) is 0 Å². The lowest BCUT2D eigenvalue weighted by atomic mass is 10.1. The molecule has 0 aliphatic carbocycles. The Labute approximate surface area is 77.6 Å². The second-order valence-electron chi connectivity index (χ2n) is 3.67. The van der Waals surface area contributed by atoms with Crippen molar-refractivity contribution in [3.8, 4) is 0 Å². The average molecular weight is 172 g/mol. The van der Waals surface area contributed by atoms with Crippen LogP contribution in [0, 0.1) is 0 Å². The van der Waals surface area contributed by atoms with Crippen molar-refractivity contribution in [1.29, 1.82) is 0 Å². The van der Waals surface area contributed by atoms with Gasteiger partial charge in [0.25, 0.3) is 0 Å². The molecule has 0 saturated carbocycles. The molecule has 0 rings (SSSR count). The molecule has 2 nitrogen and oxygen atoms in total. The largest absolute Gasteiger partial charge is 0.385 e. The third-order valence-corrected chi connectivity index (χ3v) is 0.889. The third-order valence-electron chi connectivity index (χ3n) is 0.889. The lowest BCUT2D eigenvalue weighted by Gasteiger charge is -2.19. The molecule has 0 aromatic carbocycles. The van der Waals surface area contributed by atoms with E-state index in [1.54, 1.807) is 0 Å².